The number of benzene rings is 2. The number of sulfonamides is 1. The Kier molecular flexibility index (Phi) is 8.44. The van der Waals surface area contributed by atoms with E-state index in [0.717, 1.165) is 0 Å². The highest BCUT2D eigenvalue weighted by molar-refractivity contribution is 7.89. The topological polar surface area (TPSA) is 108 Å². The molecule has 1 aliphatic rings. The number of likely N-dealkylation sites (N-methyl/N-ethyl adjacent to an activating group) is 1. The minimum Gasteiger partial charge on any atom is -0.379 e. The van der Waals surface area contributed by atoms with E-state index in [1.807, 2.05) is 0 Å². The van der Waals surface area contributed by atoms with Gasteiger partial charge in [0.1, 0.15) is 0 Å². The van der Waals surface area contributed by atoms with Crippen LogP contribution in [0.5, 0.6) is 0 Å². The molecule has 1 fully saturated rings. The summed E-state index contributed by atoms with van der Waals surface area (Å²) in [7, 11) is -2.03. The molecule has 0 spiro atoms. The number of amides is 2. The number of carbonyl (C=O) groups excluding carboxylic acids is 2. The number of carbonyl (C=O) groups is 2. The first-order valence-corrected chi connectivity index (χ1v) is 12.2. The molecule has 0 radical (unpaired) electrons. The third-order valence-corrected chi connectivity index (χ3v) is 7.52. The average molecular weight is 495 g/mol. The molecule has 0 unspecified atom stereocenters. The molecule has 0 bridgehead atoms. The molecule has 1 saturated heterocycles. The molecule has 2 aromatic carbocycles. The summed E-state index contributed by atoms with van der Waals surface area (Å²) >= 11 is 6.06. The zero-order valence-electron chi connectivity index (χ0n) is 18.5. The molecule has 2 aromatic rings. The predicted octanol–water partition coefficient (Wildman–Crippen LogP) is 2.26. The van der Waals surface area contributed by atoms with E-state index in [0.29, 0.717) is 29.6 Å². The van der Waals surface area contributed by atoms with Gasteiger partial charge in [0.15, 0.2) is 0 Å². The lowest BCUT2D eigenvalue weighted by molar-refractivity contribution is -0.122. The molecule has 0 aromatic heterocycles. The fourth-order valence-corrected chi connectivity index (χ4v) is 4.87. The van der Waals surface area contributed by atoms with Gasteiger partial charge in [-0.05, 0) is 44.3 Å². The van der Waals surface area contributed by atoms with Gasteiger partial charge in [-0.15, -0.1) is 0 Å². The van der Waals surface area contributed by atoms with Gasteiger partial charge in [-0.25, -0.2) is 8.42 Å². The first-order valence-electron chi connectivity index (χ1n) is 10.4. The summed E-state index contributed by atoms with van der Waals surface area (Å²) in [4.78, 5) is 26.7. The van der Waals surface area contributed by atoms with Gasteiger partial charge < -0.3 is 15.4 Å². The molecule has 1 atom stereocenters. The lowest BCUT2D eigenvalue weighted by Gasteiger charge is -2.26. The van der Waals surface area contributed by atoms with Crippen molar-refractivity contribution >= 4 is 44.8 Å². The zero-order valence-corrected chi connectivity index (χ0v) is 20.0. The maximum atomic E-state index is 12.9. The van der Waals surface area contributed by atoms with Gasteiger partial charge in [0, 0.05) is 18.8 Å². The van der Waals surface area contributed by atoms with Crippen LogP contribution in [0.1, 0.15) is 6.92 Å². The molecule has 2 amide bonds. The van der Waals surface area contributed by atoms with Crippen LogP contribution in [0.2, 0.25) is 5.02 Å². The average Bonchev–Trinajstić information content (AvgIpc) is 2.80. The van der Waals surface area contributed by atoms with Gasteiger partial charge in [0.25, 0.3) is 0 Å². The SMILES string of the molecule is C[C@@H](C(=O)Nc1cccc(S(=O)(=O)N2CCOCC2)c1)N(C)CC(=O)Nc1ccccc1Cl. The fourth-order valence-electron chi connectivity index (χ4n) is 3.23. The van der Waals surface area contributed by atoms with Crippen molar-refractivity contribution in [1.29, 1.82) is 0 Å². The van der Waals surface area contributed by atoms with E-state index in [2.05, 4.69) is 10.6 Å². The summed E-state index contributed by atoms with van der Waals surface area (Å²) in [6.07, 6.45) is 0. The molecule has 3 rings (SSSR count). The molecule has 2 N–H and O–H groups in total. The Balaban J connectivity index is 1.60. The third kappa shape index (κ3) is 6.52. The van der Waals surface area contributed by atoms with Crippen molar-refractivity contribution in [2.24, 2.45) is 0 Å². The molecule has 0 aliphatic carbocycles. The largest absolute Gasteiger partial charge is 0.379 e. The Hall–Kier alpha value is -2.50. The summed E-state index contributed by atoms with van der Waals surface area (Å²) in [6.45, 7) is 2.90. The monoisotopic (exact) mass is 494 g/mol. The van der Waals surface area contributed by atoms with E-state index < -0.39 is 16.1 Å². The molecule has 11 heteroatoms. The van der Waals surface area contributed by atoms with Crippen LogP contribution in [0.4, 0.5) is 11.4 Å². The number of halogens is 1. The minimum absolute atomic E-state index is 0.0364. The Morgan fingerprint density at radius 1 is 1.12 bits per heavy atom. The minimum atomic E-state index is -3.68. The Morgan fingerprint density at radius 2 is 1.82 bits per heavy atom. The Bertz CT molecular complexity index is 1110. The van der Waals surface area contributed by atoms with Crippen molar-refractivity contribution in [3.05, 3.63) is 53.6 Å². The molecule has 0 saturated carbocycles. The van der Waals surface area contributed by atoms with Crippen LogP contribution in [0.25, 0.3) is 0 Å². The second-order valence-electron chi connectivity index (χ2n) is 7.65. The van der Waals surface area contributed by atoms with Crippen LogP contribution in [0.3, 0.4) is 0 Å². The van der Waals surface area contributed by atoms with Crippen molar-refractivity contribution in [3.8, 4) is 0 Å². The predicted molar refractivity (Wildman–Crippen MR) is 127 cm³/mol. The van der Waals surface area contributed by atoms with Gasteiger partial charge in [-0.3, -0.25) is 14.5 Å². The smallest absolute Gasteiger partial charge is 0.243 e. The summed E-state index contributed by atoms with van der Waals surface area (Å²) < 4.78 is 32.3. The summed E-state index contributed by atoms with van der Waals surface area (Å²) in [5, 5.41) is 5.87. The Labute approximate surface area is 198 Å². The van der Waals surface area contributed by atoms with Crippen molar-refractivity contribution in [2.75, 3.05) is 50.5 Å². The number of ether oxygens (including phenoxy) is 1. The second-order valence-corrected chi connectivity index (χ2v) is 10.00. The third-order valence-electron chi connectivity index (χ3n) is 5.29. The number of morpholine rings is 1. The first-order chi connectivity index (χ1) is 15.7. The summed E-state index contributed by atoms with van der Waals surface area (Å²) in [5.74, 6) is -0.687. The van der Waals surface area contributed by atoms with Gasteiger partial charge in [-0.2, -0.15) is 4.31 Å². The van der Waals surface area contributed by atoms with E-state index in [1.165, 1.54) is 16.4 Å². The Morgan fingerprint density at radius 3 is 2.52 bits per heavy atom. The van der Waals surface area contributed by atoms with Crippen LogP contribution in [0, 0.1) is 0 Å². The van der Waals surface area contributed by atoms with Crippen LogP contribution < -0.4 is 10.6 Å². The molecule has 9 nitrogen and oxygen atoms in total. The van der Waals surface area contributed by atoms with E-state index in [1.54, 1.807) is 55.3 Å². The molecule has 178 valence electrons. The highest BCUT2D eigenvalue weighted by atomic mass is 35.5. The lowest BCUT2D eigenvalue weighted by atomic mass is 10.2. The number of nitrogens with one attached hydrogen (secondary N) is 2. The number of anilines is 2. The van der Waals surface area contributed by atoms with Gasteiger partial charge in [0.05, 0.1) is 41.4 Å². The molecule has 1 aliphatic heterocycles. The lowest BCUT2D eigenvalue weighted by Crippen LogP contribution is -2.43. The van der Waals surface area contributed by atoms with E-state index >= 15 is 0 Å². The first kappa shape index (κ1) is 25.1. The standard InChI is InChI=1S/C22H27ClN4O5S/c1-16(26(2)15-21(28)25-20-9-4-3-8-19(20)23)22(29)24-17-6-5-7-18(14-17)33(30,31)27-10-12-32-13-11-27/h3-9,14,16H,10-13,15H2,1-2H3,(H,24,29)(H,25,28)/t16-/m0/s1. The molecular weight excluding hydrogens is 468 g/mol. The molecule has 1 heterocycles. The van der Waals surface area contributed by atoms with Crippen molar-refractivity contribution in [1.82, 2.24) is 9.21 Å². The van der Waals surface area contributed by atoms with Crippen LogP contribution in [0.15, 0.2) is 53.4 Å². The number of hydrogen-bond acceptors (Lipinski definition) is 6. The van der Waals surface area contributed by atoms with Crippen molar-refractivity contribution in [3.63, 3.8) is 0 Å². The maximum absolute atomic E-state index is 12.9. The highest BCUT2D eigenvalue weighted by Gasteiger charge is 2.27. The van der Waals surface area contributed by atoms with Crippen LogP contribution in [-0.4, -0.2) is 75.4 Å². The summed E-state index contributed by atoms with van der Waals surface area (Å²) in [6, 6.07) is 12.3. The van der Waals surface area contributed by atoms with Crippen LogP contribution in [-0.2, 0) is 24.3 Å². The van der Waals surface area contributed by atoms with Crippen LogP contribution >= 0.6 is 11.6 Å². The molecular formula is C22H27ClN4O5S. The number of rotatable bonds is 8. The maximum Gasteiger partial charge on any atom is 0.243 e. The van der Waals surface area contributed by atoms with Crippen molar-refractivity contribution < 1.29 is 22.7 Å². The quantitative estimate of drug-likeness (QED) is 0.582. The normalized spacial score (nSPS) is 15.8. The van der Waals surface area contributed by atoms with Gasteiger partial charge in [0.2, 0.25) is 21.8 Å². The summed E-state index contributed by atoms with van der Waals surface area (Å²) in [5.41, 5.74) is 0.850. The van der Waals surface area contributed by atoms with Gasteiger partial charge in [-0.1, -0.05) is 29.8 Å². The second kappa shape index (κ2) is 11.1. The van der Waals surface area contributed by atoms with E-state index in [9.17, 15) is 18.0 Å². The van der Waals surface area contributed by atoms with Crippen molar-refractivity contribution in [2.45, 2.75) is 17.9 Å². The fraction of sp³-hybridized carbons (Fsp3) is 0.364. The molecule has 33 heavy (non-hydrogen) atoms. The number of hydrogen-bond donors (Lipinski definition) is 2. The van der Waals surface area contributed by atoms with Gasteiger partial charge >= 0.3 is 0 Å². The van der Waals surface area contributed by atoms with E-state index in [-0.39, 0.29) is 36.3 Å². The van der Waals surface area contributed by atoms with E-state index in [4.69, 9.17) is 16.3 Å². The number of nitrogens with zero attached hydrogens (tertiary/aromatic N) is 2. The zero-order chi connectivity index (χ0) is 24.0. The highest BCUT2D eigenvalue weighted by Crippen LogP contribution is 2.22. The number of para-hydroxylation sites is 1.